The van der Waals surface area contributed by atoms with Crippen molar-refractivity contribution in [2.75, 3.05) is 6.61 Å². The number of rotatable bonds is 11. The molecule has 0 radical (unpaired) electrons. The fourth-order valence-corrected chi connectivity index (χ4v) is 4.56. The van der Waals surface area contributed by atoms with Gasteiger partial charge in [0, 0.05) is 18.0 Å². The highest BCUT2D eigenvalue weighted by Gasteiger charge is 2.30. The summed E-state index contributed by atoms with van der Waals surface area (Å²) in [4.78, 5) is 37.7. The van der Waals surface area contributed by atoms with E-state index in [-0.39, 0.29) is 31.0 Å². The zero-order chi connectivity index (χ0) is 30.3. The van der Waals surface area contributed by atoms with Crippen LogP contribution in [-0.4, -0.2) is 40.1 Å². The molecule has 0 aliphatic rings. The molecule has 0 saturated carbocycles. The number of nitrogens with one attached hydrogen (secondary N) is 1. The minimum atomic E-state index is -0.898. The molecule has 0 spiro atoms. The Morgan fingerprint density at radius 1 is 0.857 bits per heavy atom. The van der Waals surface area contributed by atoms with Crippen LogP contribution in [0.5, 0.6) is 0 Å². The zero-order valence-electron chi connectivity index (χ0n) is 24.1. The van der Waals surface area contributed by atoms with E-state index >= 15 is 0 Å². The van der Waals surface area contributed by atoms with E-state index < -0.39 is 24.0 Å². The zero-order valence-corrected chi connectivity index (χ0v) is 24.1. The van der Waals surface area contributed by atoms with Crippen molar-refractivity contribution in [1.29, 1.82) is 0 Å². The summed E-state index contributed by atoms with van der Waals surface area (Å²) in [6.45, 7) is 5.67. The van der Waals surface area contributed by atoms with Crippen molar-refractivity contribution < 1.29 is 24.2 Å². The minimum absolute atomic E-state index is 0.0923. The maximum absolute atomic E-state index is 13.3. The Labute approximate surface area is 246 Å². The number of carbonyl (C=O) groups is 3. The number of nitrogens with zero attached hydrogens (tertiary/aromatic N) is 1. The molecule has 2 atom stereocenters. The maximum atomic E-state index is 13.3. The number of primary amides is 1. The van der Waals surface area contributed by atoms with E-state index in [0.717, 1.165) is 27.8 Å². The van der Waals surface area contributed by atoms with E-state index in [4.69, 9.17) is 10.5 Å². The molecule has 1 aromatic heterocycles. The second-order valence-corrected chi connectivity index (χ2v) is 11.3. The van der Waals surface area contributed by atoms with Crippen LogP contribution in [0, 0.1) is 5.41 Å². The molecule has 0 saturated heterocycles. The number of esters is 1. The van der Waals surface area contributed by atoms with Crippen molar-refractivity contribution >= 4 is 17.8 Å². The molecule has 8 heteroatoms. The first-order chi connectivity index (χ1) is 20.0. The van der Waals surface area contributed by atoms with Crippen molar-refractivity contribution in [1.82, 2.24) is 9.88 Å². The van der Waals surface area contributed by atoms with Gasteiger partial charge in [-0.2, -0.15) is 0 Å². The van der Waals surface area contributed by atoms with Crippen LogP contribution in [0.4, 0.5) is 0 Å². The molecule has 42 heavy (non-hydrogen) atoms. The van der Waals surface area contributed by atoms with Crippen molar-refractivity contribution in [2.45, 2.75) is 45.9 Å². The predicted octanol–water partition coefficient (Wildman–Crippen LogP) is 5.12. The van der Waals surface area contributed by atoms with Gasteiger partial charge in [0.1, 0.15) is 12.6 Å². The smallest absolute Gasteiger partial charge is 0.329 e. The Balaban J connectivity index is 1.53. The van der Waals surface area contributed by atoms with Crippen molar-refractivity contribution in [3.8, 4) is 22.3 Å². The van der Waals surface area contributed by atoms with E-state index in [1.165, 1.54) is 0 Å². The van der Waals surface area contributed by atoms with Gasteiger partial charge in [-0.15, -0.1) is 0 Å². The summed E-state index contributed by atoms with van der Waals surface area (Å²) in [5.41, 5.74) is 10.0. The highest BCUT2D eigenvalue weighted by molar-refractivity contribution is 5.93. The van der Waals surface area contributed by atoms with Gasteiger partial charge in [0.2, 0.25) is 11.8 Å². The van der Waals surface area contributed by atoms with Gasteiger partial charge >= 0.3 is 5.97 Å². The third kappa shape index (κ3) is 7.73. The maximum Gasteiger partial charge on any atom is 0.329 e. The Bertz CT molecular complexity index is 1500. The lowest BCUT2D eigenvalue weighted by atomic mass is 9.87. The number of hydrogen-bond acceptors (Lipinski definition) is 5. The van der Waals surface area contributed by atoms with Crippen LogP contribution in [0.25, 0.3) is 22.3 Å². The van der Waals surface area contributed by atoms with Gasteiger partial charge in [0.25, 0.3) is 0 Å². The second kappa shape index (κ2) is 13.3. The summed E-state index contributed by atoms with van der Waals surface area (Å²) in [5.74, 6) is -1.35. The summed E-state index contributed by atoms with van der Waals surface area (Å²) in [6.07, 6.45) is 3.45. The van der Waals surface area contributed by atoms with Gasteiger partial charge in [-0.1, -0.05) is 87.5 Å². The van der Waals surface area contributed by atoms with Crippen LogP contribution < -0.4 is 11.1 Å². The average Bonchev–Trinajstić information content (AvgIpc) is 3.47. The van der Waals surface area contributed by atoms with Crippen LogP contribution in [0.15, 0.2) is 97.3 Å². The summed E-state index contributed by atoms with van der Waals surface area (Å²) in [7, 11) is 0. The van der Waals surface area contributed by atoms with E-state index in [9.17, 15) is 19.5 Å². The Morgan fingerprint density at radius 3 is 1.98 bits per heavy atom. The lowest BCUT2D eigenvalue weighted by Gasteiger charge is -2.30. The topological polar surface area (TPSA) is 124 Å². The van der Waals surface area contributed by atoms with Crippen LogP contribution in [0.3, 0.4) is 0 Å². The fourth-order valence-electron chi connectivity index (χ4n) is 4.56. The molecule has 4 N–H and O–H groups in total. The second-order valence-electron chi connectivity index (χ2n) is 11.3. The van der Waals surface area contributed by atoms with E-state index in [2.05, 4.69) is 5.32 Å². The molecule has 218 valence electrons. The highest BCUT2D eigenvalue weighted by atomic mass is 16.5. The first-order valence-corrected chi connectivity index (χ1v) is 13.8. The van der Waals surface area contributed by atoms with Gasteiger partial charge in [-0.3, -0.25) is 9.59 Å². The van der Waals surface area contributed by atoms with Gasteiger partial charge in [0.05, 0.1) is 19.1 Å². The first-order valence-electron chi connectivity index (χ1n) is 13.8. The molecule has 0 aliphatic heterocycles. The number of aromatic nitrogens is 1. The molecular weight excluding hydrogens is 530 g/mol. The number of aliphatic hydroxyl groups is 1. The molecule has 1 heterocycles. The summed E-state index contributed by atoms with van der Waals surface area (Å²) in [5, 5.41) is 12.7. The lowest BCUT2D eigenvalue weighted by Crippen LogP contribution is -2.47. The molecule has 4 aromatic rings. The fraction of sp³-hybridized carbons (Fsp3) is 0.265. The van der Waals surface area contributed by atoms with Crippen molar-refractivity contribution in [2.24, 2.45) is 11.1 Å². The highest BCUT2D eigenvalue weighted by Crippen LogP contribution is 2.28. The number of carbonyl (C=O) groups excluding carboxylic acids is 3. The summed E-state index contributed by atoms with van der Waals surface area (Å²) < 4.78 is 7.33. The van der Waals surface area contributed by atoms with E-state index in [1.54, 1.807) is 22.9 Å². The van der Waals surface area contributed by atoms with E-state index in [0.29, 0.717) is 5.56 Å². The largest absolute Gasteiger partial charge is 0.459 e. The minimum Gasteiger partial charge on any atom is -0.459 e. The molecule has 8 nitrogen and oxygen atoms in total. The number of ether oxygens (including phenoxy) is 1. The number of amides is 2. The predicted molar refractivity (Wildman–Crippen MR) is 162 cm³/mol. The van der Waals surface area contributed by atoms with Crippen LogP contribution in [-0.2, 0) is 20.9 Å². The van der Waals surface area contributed by atoms with Gasteiger partial charge in [-0.25, -0.2) is 4.79 Å². The SMILES string of the molecule is CC(C)(C)[C@@H](CO)NC(=O)C[C@H](C(=O)OCc1ccccc1)n1ccc(-c2ccc(-c3ccc(C(N)=O)cc3)cc2)c1. The molecule has 3 aromatic carbocycles. The number of aliphatic hydroxyl groups excluding tert-OH is 1. The lowest BCUT2D eigenvalue weighted by molar-refractivity contribution is -0.150. The van der Waals surface area contributed by atoms with Crippen LogP contribution in [0.2, 0.25) is 0 Å². The summed E-state index contributed by atoms with van der Waals surface area (Å²) in [6, 6.07) is 24.9. The molecule has 0 aliphatic carbocycles. The third-order valence-electron chi connectivity index (χ3n) is 7.23. The third-order valence-corrected chi connectivity index (χ3v) is 7.23. The number of nitrogens with two attached hydrogens (primary N) is 1. The van der Waals surface area contributed by atoms with Gasteiger partial charge in [-0.05, 0) is 51.4 Å². The van der Waals surface area contributed by atoms with Gasteiger partial charge in [0.15, 0.2) is 0 Å². The monoisotopic (exact) mass is 567 g/mol. The van der Waals surface area contributed by atoms with Crippen LogP contribution >= 0.6 is 0 Å². The molecule has 0 fully saturated rings. The van der Waals surface area contributed by atoms with Gasteiger partial charge < -0.3 is 25.5 Å². The quantitative estimate of drug-likeness (QED) is 0.217. The Hall–Kier alpha value is -4.69. The molecule has 0 bridgehead atoms. The van der Waals surface area contributed by atoms with Crippen molar-refractivity contribution in [3.63, 3.8) is 0 Å². The standard InChI is InChI=1S/C34H37N3O5/c1-34(2,3)30(21-38)36-31(39)19-29(33(41)42-22-23-7-5-4-6-8-23)37-18-17-28(20-37)26-11-9-24(10-12-26)25-13-15-27(16-14-25)32(35)40/h4-18,20,29-30,38H,19,21-22H2,1-3H3,(H2,35,40)(H,36,39)/t29-,30-/m1/s1. The van der Waals surface area contributed by atoms with E-state index in [1.807, 2.05) is 99.8 Å². The Kier molecular flexibility index (Phi) is 9.60. The molecule has 2 amide bonds. The molecule has 0 unspecified atom stereocenters. The molecule has 4 rings (SSSR count). The molecular formula is C34H37N3O5. The number of hydrogen-bond donors (Lipinski definition) is 3. The Morgan fingerprint density at radius 2 is 1.43 bits per heavy atom. The normalized spacial score (nSPS) is 12.8. The average molecular weight is 568 g/mol. The number of benzene rings is 3. The first kappa shape index (κ1) is 30.3. The summed E-state index contributed by atoms with van der Waals surface area (Å²) >= 11 is 0. The van der Waals surface area contributed by atoms with Crippen LogP contribution in [0.1, 0.15) is 49.2 Å². The van der Waals surface area contributed by atoms with Crippen molar-refractivity contribution in [3.05, 3.63) is 108 Å².